The Balaban J connectivity index is 1.97. The summed E-state index contributed by atoms with van der Waals surface area (Å²) >= 11 is 7.40. The molecule has 0 spiro atoms. The molecule has 0 radical (unpaired) electrons. The molecule has 2 aromatic heterocycles. The van der Waals surface area contributed by atoms with E-state index in [1.807, 2.05) is 11.4 Å². The van der Waals surface area contributed by atoms with Gasteiger partial charge in [0.15, 0.2) is 0 Å². The molecule has 0 fully saturated rings. The maximum absolute atomic E-state index is 5.89. The molecule has 2 heterocycles. The average molecular weight is 216 g/mol. The second-order valence-corrected chi connectivity index (χ2v) is 3.83. The second kappa shape index (κ2) is 3.71. The van der Waals surface area contributed by atoms with Gasteiger partial charge in [0.1, 0.15) is 0 Å². The number of halogens is 1. The second-order valence-electron chi connectivity index (χ2n) is 2.31. The van der Waals surface area contributed by atoms with Crippen LogP contribution in [0.25, 0.3) is 0 Å². The molecule has 68 valence electrons. The molecule has 2 aromatic rings. The molecule has 0 saturated carbocycles. The predicted octanol–water partition coefficient (Wildman–Crippen LogP) is 1.53. The lowest BCUT2D eigenvalue weighted by atomic mass is 10.3. The van der Waals surface area contributed by atoms with Gasteiger partial charge in [0.2, 0.25) is 0 Å². The van der Waals surface area contributed by atoms with Crippen LogP contribution >= 0.6 is 22.9 Å². The SMILES string of the molecule is Clc1sccc1CNc1nn[nH]n1. The Bertz CT molecular complexity index is 370. The van der Waals surface area contributed by atoms with Gasteiger partial charge in [-0.3, -0.25) is 0 Å². The van der Waals surface area contributed by atoms with Crippen molar-refractivity contribution in [3.05, 3.63) is 21.3 Å². The summed E-state index contributed by atoms with van der Waals surface area (Å²) in [5.41, 5.74) is 1.04. The van der Waals surface area contributed by atoms with Crippen LogP contribution in [-0.2, 0) is 6.54 Å². The van der Waals surface area contributed by atoms with Crippen LogP contribution in [0.5, 0.6) is 0 Å². The van der Waals surface area contributed by atoms with E-state index in [2.05, 4.69) is 25.9 Å². The highest BCUT2D eigenvalue weighted by Crippen LogP contribution is 2.22. The van der Waals surface area contributed by atoms with Gasteiger partial charge in [0, 0.05) is 12.1 Å². The van der Waals surface area contributed by atoms with E-state index < -0.39 is 0 Å². The summed E-state index contributed by atoms with van der Waals surface area (Å²) < 4.78 is 0.788. The molecule has 5 nitrogen and oxygen atoms in total. The monoisotopic (exact) mass is 215 g/mol. The molecule has 0 aliphatic carbocycles. The van der Waals surface area contributed by atoms with Crippen molar-refractivity contribution >= 4 is 28.9 Å². The zero-order chi connectivity index (χ0) is 9.10. The van der Waals surface area contributed by atoms with Crippen molar-refractivity contribution in [2.75, 3.05) is 5.32 Å². The molecule has 0 bridgehead atoms. The quantitative estimate of drug-likeness (QED) is 0.815. The third-order valence-corrected chi connectivity index (χ3v) is 2.73. The van der Waals surface area contributed by atoms with Gasteiger partial charge >= 0.3 is 0 Å². The average Bonchev–Trinajstić information content (AvgIpc) is 2.72. The van der Waals surface area contributed by atoms with Gasteiger partial charge in [0.25, 0.3) is 5.95 Å². The van der Waals surface area contributed by atoms with Gasteiger partial charge in [-0.15, -0.1) is 16.4 Å². The van der Waals surface area contributed by atoms with Crippen molar-refractivity contribution in [1.82, 2.24) is 20.6 Å². The van der Waals surface area contributed by atoms with E-state index >= 15 is 0 Å². The summed E-state index contributed by atoms with van der Waals surface area (Å²) in [4.78, 5) is 0. The van der Waals surface area contributed by atoms with Gasteiger partial charge < -0.3 is 5.32 Å². The molecule has 13 heavy (non-hydrogen) atoms. The smallest absolute Gasteiger partial charge is 0.263 e. The summed E-state index contributed by atoms with van der Waals surface area (Å²) in [6.07, 6.45) is 0. The van der Waals surface area contributed by atoms with Crippen molar-refractivity contribution in [1.29, 1.82) is 0 Å². The molecule has 7 heteroatoms. The Hall–Kier alpha value is -1.14. The molecule has 0 amide bonds. The summed E-state index contributed by atoms with van der Waals surface area (Å²) in [6, 6.07) is 1.96. The maximum Gasteiger partial charge on any atom is 0.263 e. The summed E-state index contributed by atoms with van der Waals surface area (Å²) in [7, 11) is 0. The maximum atomic E-state index is 5.89. The largest absolute Gasteiger partial charge is 0.347 e. The molecule has 0 saturated heterocycles. The zero-order valence-corrected chi connectivity index (χ0v) is 8.06. The third kappa shape index (κ3) is 1.96. The van der Waals surface area contributed by atoms with E-state index in [4.69, 9.17) is 11.6 Å². The minimum absolute atomic E-state index is 0.474. The standard InChI is InChI=1S/C6H6ClN5S/c7-5-4(1-2-13-5)3-8-6-9-11-12-10-6/h1-2H,3H2,(H2,8,9,10,11,12). The number of hydrogen-bond donors (Lipinski definition) is 2. The van der Waals surface area contributed by atoms with Crippen LogP contribution in [-0.4, -0.2) is 20.6 Å². The number of nitrogens with one attached hydrogen (secondary N) is 2. The lowest BCUT2D eigenvalue weighted by molar-refractivity contribution is 0.881. The van der Waals surface area contributed by atoms with Crippen molar-refractivity contribution in [2.45, 2.75) is 6.54 Å². The molecule has 2 N–H and O–H groups in total. The van der Waals surface area contributed by atoms with Crippen molar-refractivity contribution < 1.29 is 0 Å². The van der Waals surface area contributed by atoms with Crippen LogP contribution in [0.1, 0.15) is 5.56 Å². The summed E-state index contributed by atoms with van der Waals surface area (Å²) in [5.74, 6) is 0.474. The number of H-pyrrole nitrogens is 1. The molecular weight excluding hydrogens is 210 g/mol. The molecule has 0 atom stereocenters. The van der Waals surface area contributed by atoms with Crippen molar-refractivity contribution in [3.63, 3.8) is 0 Å². The van der Waals surface area contributed by atoms with E-state index in [1.54, 1.807) is 0 Å². The van der Waals surface area contributed by atoms with Crippen LogP contribution in [0, 0.1) is 0 Å². The zero-order valence-electron chi connectivity index (χ0n) is 6.49. The van der Waals surface area contributed by atoms with Crippen LogP contribution < -0.4 is 5.32 Å². The Kier molecular flexibility index (Phi) is 2.42. The first kappa shape index (κ1) is 8.46. The van der Waals surface area contributed by atoms with Crippen molar-refractivity contribution in [3.8, 4) is 0 Å². The van der Waals surface area contributed by atoms with Crippen LogP contribution in [0.3, 0.4) is 0 Å². The molecule has 2 rings (SSSR count). The summed E-state index contributed by atoms with van der Waals surface area (Å²) in [5, 5.41) is 18.2. The van der Waals surface area contributed by atoms with Crippen LogP contribution in [0.2, 0.25) is 4.34 Å². The first-order valence-electron chi connectivity index (χ1n) is 3.55. The number of tetrazole rings is 1. The Morgan fingerprint density at radius 3 is 3.15 bits per heavy atom. The van der Waals surface area contributed by atoms with Gasteiger partial charge in [0.05, 0.1) is 4.34 Å². The van der Waals surface area contributed by atoms with Crippen LogP contribution in [0.4, 0.5) is 5.95 Å². The molecule has 0 unspecified atom stereocenters. The Morgan fingerprint density at radius 2 is 2.54 bits per heavy atom. The van der Waals surface area contributed by atoms with E-state index in [0.717, 1.165) is 9.90 Å². The highest BCUT2D eigenvalue weighted by molar-refractivity contribution is 7.14. The lowest BCUT2D eigenvalue weighted by Crippen LogP contribution is -2.00. The number of aromatic nitrogens is 4. The first-order valence-corrected chi connectivity index (χ1v) is 4.81. The fourth-order valence-corrected chi connectivity index (χ4v) is 1.78. The Morgan fingerprint density at radius 1 is 1.62 bits per heavy atom. The minimum Gasteiger partial charge on any atom is -0.347 e. The predicted molar refractivity (Wildman–Crippen MR) is 50.8 cm³/mol. The highest BCUT2D eigenvalue weighted by Gasteiger charge is 2.02. The minimum atomic E-state index is 0.474. The molecule has 0 aliphatic rings. The fourth-order valence-electron chi connectivity index (χ4n) is 0.856. The number of hydrogen-bond acceptors (Lipinski definition) is 5. The first-order chi connectivity index (χ1) is 6.36. The number of anilines is 1. The van der Waals surface area contributed by atoms with E-state index in [9.17, 15) is 0 Å². The van der Waals surface area contributed by atoms with Crippen molar-refractivity contribution in [2.24, 2.45) is 0 Å². The van der Waals surface area contributed by atoms with Gasteiger partial charge in [-0.2, -0.15) is 5.21 Å². The molecule has 0 aromatic carbocycles. The van der Waals surface area contributed by atoms with Gasteiger partial charge in [-0.05, 0) is 16.7 Å². The molecule has 0 aliphatic heterocycles. The molecular formula is C6H6ClN5S. The highest BCUT2D eigenvalue weighted by atomic mass is 35.5. The normalized spacial score (nSPS) is 10.2. The summed E-state index contributed by atoms with van der Waals surface area (Å²) in [6.45, 7) is 0.613. The van der Waals surface area contributed by atoms with Gasteiger partial charge in [-0.25, -0.2) is 0 Å². The Labute approximate surface area is 83.1 Å². The number of rotatable bonds is 3. The van der Waals surface area contributed by atoms with E-state index in [1.165, 1.54) is 11.3 Å². The topological polar surface area (TPSA) is 66.5 Å². The number of nitrogens with zero attached hydrogens (tertiary/aromatic N) is 3. The lowest BCUT2D eigenvalue weighted by Gasteiger charge is -1.98. The third-order valence-electron chi connectivity index (χ3n) is 1.48. The van der Waals surface area contributed by atoms with Gasteiger partial charge in [-0.1, -0.05) is 16.7 Å². The van der Waals surface area contributed by atoms with Crippen LogP contribution in [0.15, 0.2) is 11.4 Å². The number of aromatic amines is 1. The van der Waals surface area contributed by atoms with E-state index in [-0.39, 0.29) is 0 Å². The number of thiophene rings is 1. The fraction of sp³-hybridized carbons (Fsp3) is 0.167. The van der Waals surface area contributed by atoms with E-state index in [0.29, 0.717) is 12.5 Å².